The van der Waals surface area contributed by atoms with Gasteiger partial charge in [0.25, 0.3) is 10.0 Å². The largest absolute Gasteiger partial charge is 0.465 e. The van der Waals surface area contributed by atoms with Crippen molar-refractivity contribution in [1.82, 2.24) is 9.62 Å². The van der Waals surface area contributed by atoms with E-state index < -0.39 is 69.2 Å². The molecule has 1 heterocycles. The van der Waals surface area contributed by atoms with Crippen LogP contribution >= 0.6 is 0 Å². The van der Waals surface area contributed by atoms with Crippen molar-refractivity contribution in [3.63, 3.8) is 0 Å². The predicted molar refractivity (Wildman–Crippen MR) is 69.8 cm³/mol. The van der Waals surface area contributed by atoms with Gasteiger partial charge in [0.1, 0.15) is 6.04 Å². The Morgan fingerprint density at radius 1 is 1.07 bits per heavy atom. The summed E-state index contributed by atoms with van der Waals surface area (Å²) >= 11 is 0. The lowest BCUT2D eigenvalue weighted by Gasteiger charge is -2.38. The summed E-state index contributed by atoms with van der Waals surface area (Å²) in [7, 11) is -6.72. The summed E-state index contributed by atoms with van der Waals surface area (Å²) in [5.41, 5.74) is 0. The Morgan fingerprint density at radius 3 is 2.04 bits per heavy atom. The third-order valence-corrected chi connectivity index (χ3v) is 5.40. The second-order valence-corrected chi connectivity index (χ2v) is 7.26. The highest BCUT2D eigenvalue weighted by molar-refractivity contribution is 7.90. The van der Waals surface area contributed by atoms with E-state index in [0.717, 1.165) is 0 Å². The van der Waals surface area contributed by atoms with Crippen molar-refractivity contribution in [2.24, 2.45) is 0 Å². The molecule has 1 atom stereocenters. The Kier molecular flexibility index (Phi) is 6.40. The summed E-state index contributed by atoms with van der Waals surface area (Å²) in [6.45, 7) is -1.65. The van der Waals surface area contributed by atoms with Crippen LogP contribution in [0.15, 0.2) is 0 Å². The minimum absolute atomic E-state index is 0.213. The fourth-order valence-corrected chi connectivity index (χ4v) is 3.48. The van der Waals surface area contributed by atoms with Crippen LogP contribution in [0.2, 0.25) is 0 Å². The maximum Gasteiger partial charge on any atom is 0.460 e. The smallest absolute Gasteiger partial charge is 0.460 e. The van der Waals surface area contributed by atoms with E-state index in [1.54, 1.807) is 0 Å². The molecule has 27 heavy (non-hydrogen) atoms. The minimum Gasteiger partial charge on any atom is -0.465 e. The molecule has 0 spiro atoms. The van der Waals surface area contributed by atoms with Crippen LogP contribution in [-0.2, 0) is 19.6 Å². The second-order valence-electron chi connectivity index (χ2n) is 5.29. The number of rotatable bonds is 6. The lowest BCUT2D eigenvalue weighted by Crippen LogP contribution is -2.67. The van der Waals surface area contributed by atoms with Crippen molar-refractivity contribution in [2.45, 2.75) is 36.2 Å². The van der Waals surface area contributed by atoms with Crippen LogP contribution in [0.4, 0.5) is 39.5 Å². The zero-order chi connectivity index (χ0) is 21.5. The highest BCUT2D eigenvalue weighted by Gasteiger charge is 2.85. The summed E-state index contributed by atoms with van der Waals surface area (Å²) in [5, 5.41) is -4.51. The standard InChI is InChI=1S/C11H13F9N2O4S/c1-2-26-7(23)6-5-22(4-3-21-6)27(24,25)11(19,20)9(14,15)8(12,13)10(16,17)18/h6,21H,2-5H2,1H3. The highest BCUT2D eigenvalue weighted by Crippen LogP contribution is 2.55. The van der Waals surface area contributed by atoms with E-state index in [0.29, 0.717) is 0 Å². The molecule has 1 fully saturated rings. The second kappa shape index (κ2) is 7.27. The van der Waals surface area contributed by atoms with Gasteiger partial charge in [0.15, 0.2) is 0 Å². The molecule has 0 aromatic rings. The molecule has 1 aliphatic rings. The summed E-state index contributed by atoms with van der Waals surface area (Å²) < 4.78 is 144. The number of carbonyl (C=O) groups excluding carboxylic acids is 1. The number of hydrogen-bond acceptors (Lipinski definition) is 5. The SMILES string of the molecule is CCOC(=O)C1CN(S(=O)(=O)C(F)(F)C(F)(F)C(F)(F)C(F)(F)F)CCN1. The maximum absolute atomic E-state index is 13.8. The molecule has 160 valence electrons. The lowest BCUT2D eigenvalue weighted by atomic mass is 10.1. The summed E-state index contributed by atoms with van der Waals surface area (Å²) in [5.74, 6) is -15.8. The molecule has 0 amide bonds. The Morgan fingerprint density at radius 2 is 1.59 bits per heavy atom. The number of carbonyl (C=O) groups is 1. The van der Waals surface area contributed by atoms with Gasteiger partial charge >= 0.3 is 29.2 Å². The number of halogens is 9. The molecule has 0 saturated carbocycles. The molecule has 0 radical (unpaired) electrons. The average Bonchev–Trinajstić information content (AvgIpc) is 2.53. The van der Waals surface area contributed by atoms with E-state index in [1.807, 2.05) is 0 Å². The number of sulfonamides is 1. The van der Waals surface area contributed by atoms with E-state index in [-0.39, 0.29) is 6.61 Å². The Labute approximate surface area is 146 Å². The molecule has 0 aromatic heterocycles. The molecule has 1 unspecified atom stereocenters. The molecule has 0 aromatic carbocycles. The molecule has 1 rings (SSSR count). The molecular weight excluding hydrogens is 427 g/mol. The van der Waals surface area contributed by atoms with Gasteiger partial charge in [-0.05, 0) is 6.92 Å². The summed E-state index contributed by atoms with van der Waals surface area (Å²) in [6, 6.07) is -1.61. The van der Waals surface area contributed by atoms with Crippen LogP contribution in [0, 0.1) is 0 Å². The number of nitrogens with one attached hydrogen (secondary N) is 1. The third kappa shape index (κ3) is 3.83. The van der Waals surface area contributed by atoms with Crippen LogP contribution in [0.1, 0.15) is 6.92 Å². The summed E-state index contributed by atoms with van der Waals surface area (Å²) in [4.78, 5) is 11.5. The first-order chi connectivity index (χ1) is 11.9. The number of ether oxygens (including phenoxy) is 1. The van der Waals surface area contributed by atoms with Crippen molar-refractivity contribution in [3.8, 4) is 0 Å². The molecule has 0 aliphatic carbocycles. The minimum atomic E-state index is -7.34. The number of esters is 1. The van der Waals surface area contributed by atoms with Crippen LogP contribution in [-0.4, -0.2) is 74.3 Å². The number of alkyl halides is 9. The van der Waals surface area contributed by atoms with Crippen LogP contribution < -0.4 is 5.32 Å². The van der Waals surface area contributed by atoms with E-state index in [2.05, 4.69) is 10.1 Å². The van der Waals surface area contributed by atoms with Gasteiger partial charge in [0.05, 0.1) is 6.61 Å². The number of hydrogen-bond donors (Lipinski definition) is 1. The zero-order valence-electron chi connectivity index (χ0n) is 13.3. The van der Waals surface area contributed by atoms with E-state index in [1.165, 1.54) is 6.92 Å². The highest BCUT2D eigenvalue weighted by atomic mass is 32.2. The van der Waals surface area contributed by atoms with Gasteiger partial charge < -0.3 is 10.1 Å². The van der Waals surface area contributed by atoms with Crippen molar-refractivity contribution >= 4 is 16.0 Å². The molecule has 16 heteroatoms. The van der Waals surface area contributed by atoms with E-state index in [4.69, 9.17) is 0 Å². The van der Waals surface area contributed by atoms with Crippen LogP contribution in [0.5, 0.6) is 0 Å². The first-order valence-corrected chi connectivity index (χ1v) is 8.49. The average molecular weight is 440 g/mol. The Balaban J connectivity index is 3.26. The van der Waals surface area contributed by atoms with E-state index >= 15 is 0 Å². The Hall–Kier alpha value is -1.29. The molecule has 1 N–H and O–H groups in total. The van der Waals surface area contributed by atoms with Gasteiger partial charge in [0.2, 0.25) is 0 Å². The third-order valence-electron chi connectivity index (χ3n) is 3.49. The quantitative estimate of drug-likeness (QED) is 0.502. The zero-order valence-corrected chi connectivity index (χ0v) is 14.1. The maximum atomic E-state index is 13.8. The number of nitrogens with zero attached hydrogens (tertiary/aromatic N) is 1. The first-order valence-electron chi connectivity index (χ1n) is 7.05. The summed E-state index contributed by atoms with van der Waals surface area (Å²) in [6.07, 6.45) is -7.15. The van der Waals surface area contributed by atoms with E-state index in [9.17, 15) is 52.7 Å². The van der Waals surface area contributed by atoms with Crippen molar-refractivity contribution < 1.29 is 57.5 Å². The van der Waals surface area contributed by atoms with Crippen LogP contribution in [0.25, 0.3) is 0 Å². The number of piperazine rings is 1. The fourth-order valence-electron chi connectivity index (χ4n) is 2.03. The van der Waals surface area contributed by atoms with Crippen molar-refractivity contribution in [3.05, 3.63) is 0 Å². The van der Waals surface area contributed by atoms with Crippen LogP contribution in [0.3, 0.4) is 0 Å². The predicted octanol–water partition coefficient (Wildman–Crippen LogP) is 1.58. The van der Waals surface area contributed by atoms with Crippen molar-refractivity contribution in [1.29, 1.82) is 0 Å². The molecule has 1 saturated heterocycles. The van der Waals surface area contributed by atoms with Gasteiger partial charge in [-0.2, -0.15) is 43.8 Å². The molecule has 6 nitrogen and oxygen atoms in total. The first kappa shape index (κ1) is 23.7. The Bertz CT molecular complexity index is 665. The van der Waals surface area contributed by atoms with Gasteiger partial charge in [-0.1, -0.05) is 0 Å². The van der Waals surface area contributed by atoms with Gasteiger partial charge in [-0.3, -0.25) is 4.79 Å². The molecule has 1 aliphatic heterocycles. The molecular formula is C11H13F9N2O4S. The topological polar surface area (TPSA) is 75.7 Å². The lowest BCUT2D eigenvalue weighted by molar-refractivity contribution is -0.382. The fraction of sp³-hybridized carbons (Fsp3) is 0.909. The van der Waals surface area contributed by atoms with Gasteiger partial charge in [-0.25, -0.2) is 8.42 Å². The van der Waals surface area contributed by atoms with Gasteiger partial charge in [0, 0.05) is 19.6 Å². The monoisotopic (exact) mass is 440 g/mol. The molecule has 0 bridgehead atoms. The van der Waals surface area contributed by atoms with Gasteiger partial charge in [-0.15, -0.1) is 0 Å². The normalized spacial score (nSPS) is 21.2. The van der Waals surface area contributed by atoms with Crippen molar-refractivity contribution in [2.75, 3.05) is 26.2 Å².